The van der Waals surface area contributed by atoms with Crippen LogP contribution in [0.3, 0.4) is 0 Å². The van der Waals surface area contributed by atoms with Crippen molar-refractivity contribution in [3.63, 3.8) is 0 Å². The Balaban J connectivity index is 2.29. The van der Waals surface area contributed by atoms with E-state index in [9.17, 15) is 4.79 Å². The lowest BCUT2D eigenvalue weighted by atomic mass is 10.2. The first-order valence-electron chi connectivity index (χ1n) is 5.68. The number of pyridine rings is 1. The van der Waals surface area contributed by atoms with Gasteiger partial charge in [0.2, 0.25) is 0 Å². The van der Waals surface area contributed by atoms with Crippen molar-refractivity contribution in [3.05, 3.63) is 48.3 Å². The second kappa shape index (κ2) is 5.39. The Morgan fingerprint density at radius 3 is 2.47 bits per heavy atom. The molecule has 0 radical (unpaired) electrons. The van der Waals surface area contributed by atoms with Crippen molar-refractivity contribution in [1.82, 2.24) is 4.98 Å². The van der Waals surface area contributed by atoms with Crippen LogP contribution in [-0.4, -0.2) is 30.2 Å². The van der Waals surface area contributed by atoms with Crippen molar-refractivity contribution in [2.24, 2.45) is 0 Å². The van der Waals surface area contributed by atoms with Crippen molar-refractivity contribution in [2.75, 3.05) is 19.1 Å². The standard InChI is InChI=1S/C14H14N2O3/c1-16(11-3-5-13(19-2)6-4-11)12-7-10(14(17)18)8-15-9-12/h3-9H,1-2H3,(H,17,18). The second-order valence-corrected chi connectivity index (χ2v) is 3.99. The smallest absolute Gasteiger partial charge is 0.337 e. The van der Waals surface area contributed by atoms with Crippen molar-refractivity contribution < 1.29 is 14.6 Å². The van der Waals surface area contributed by atoms with Gasteiger partial charge >= 0.3 is 5.97 Å². The van der Waals surface area contributed by atoms with E-state index in [1.54, 1.807) is 19.4 Å². The van der Waals surface area contributed by atoms with Gasteiger partial charge in [0.15, 0.2) is 0 Å². The Bertz CT molecular complexity index is 581. The predicted molar refractivity (Wildman–Crippen MR) is 72.3 cm³/mol. The Morgan fingerprint density at radius 2 is 1.89 bits per heavy atom. The third-order valence-corrected chi connectivity index (χ3v) is 2.82. The highest BCUT2D eigenvalue weighted by atomic mass is 16.5. The highest BCUT2D eigenvalue weighted by Crippen LogP contribution is 2.25. The minimum absolute atomic E-state index is 0.165. The average Bonchev–Trinajstić information content (AvgIpc) is 2.46. The molecule has 2 rings (SSSR count). The number of aromatic nitrogens is 1. The molecular weight excluding hydrogens is 244 g/mol. The quantitative estimate of drug-likeness (QED) is 0.913. The number of benzene rings is 1. The van der Waals surface area contributed by atoms with Crippen LogP contribution in [0.5, 0.6) is 5.75 Å². The summed E-state index contributed by atoms with van der Waals surface area (Å²) in [5, 5.41) is 8.95. The number of hydrogen-bond donors (Lipinski definition) is 1. The molecule has 0 fully saturated rings. The van der Waals surface area contributed by atoms with Crippen LogP contribution in [0.4, 0.5) is 11.4 Å². The van der Waals surface area contributed by atoms with E-state index in [0.717, 1.165) is 11.4 Å². The summed E-state index contributed by atoms with van der Waals surface area (Å²) in [6.45, 7) is 0. The third-order valence-electron chi connectivity index (χ3n) is 2.82. The minimum Gasteiger partial charge on any atom is -0.497 e. The van der Waals surface area contributed by atoms with Crippen molar-refractivity contribution in [2.45, 2.75) is 0 Å². The van der Waals surface area contributed by atoms with Crippen LogP contribution >= 0.6 is 0 Å². The van der Waals surface area contributed by atoms with Gasteiger partial charge in [0.1, 0.15) is 5.75 Å². The van der Waals surface area contributed by atoms with Crippen LogP contribution in [0, 0.1) is 0 Å². The number of carboxylic acid groups (broad SMARTS) is 1. The zero-order valence-corrected chi connectivity index (χ0v) is 10.7. The lowest BCUT2D eigenvalue weighted by Gasteiger charge is -2.19. The Hall–Kier alpha value is -2.56. The van der Waals surface area contributed by atoms with E-state index in [-0.39, 0.29) is 5.56 Å². The van der Waals surface area contributed by atoms with Crippen LogP contribution in [-0.2, 0) is 0 Å². The molecule has 1 aromatic heterocycles. The Labute approximate surface area is 111 Å². The largest absolute Gasteiger partial charge is 0.497 e. The summed E-state index contributed by atoms with van der Waals surface area (Å²) in [7, 11) is 3.46. The number of carbonyl (C=O) groups is 1. The van der Waals surface area contributed by atoms with Crippen LogP contribution in [0.2, 0.25) is 0 Å². The van der Waals surface area contributed by atoms with E-state index in [0.29, 0.717) is 5.69 Å². The van der Waals surface area contributed by atoms with Gasteiger partial charge < -0.3 is 14.7 Å². The first-order chi connectivity index (χ1) is 9.11. The summed E-state index contributed by atoms with van der Waals surface area (Å²) in [4.78, 5) is 16.7. The molecule has 1 aromatic carbocycles. The second-order valence-electron chi connectivity index (χ2n) is 3.99. The van der Waals surface area contributed by atoms with Gasteiger partial charge in [-0.15, -0.1) is 0 Å². The molecule has 1 N–H and O–H groups in total. The molecule has 0 aliphatic carbocycles. The lowest BCUT2D eigenvalue weighted by Crippen LogP contribution is -2.11. The number of anilines is 2. The molecule has 2 aromatic rings. The predicted octanol–water partition coefficient (Wildman–Crippen LogP) is 2.56. The van der Waals surface area contributed by atoms with Gasteiger partial charge in [0, 0.05) is 18.9 Å². The zero-order valence-electron chi connectivity index (χ0n) is 10.7. The molecule has 0 saturated heterocycles. The SMILES string of the molecule is COc1ccc(N(C)c2cncc(C(=O)O)c2)cc1. The average molecular weight is 258 g/mol. The fourth-order valence-electron chi connectivity index (χ4n) is 1.68. The maximum Gasteiger partial charge on any atom is 0.337 e. The van der Waals surface area contributed by atoms with Gasteiger partial charge in [-0.05, 0) is 30.3 Å². The van der Waals surface area contributed by atoms with E-state index in [4.69, 9.17) is 9.84 Å². The topological polar surface area (TPSA) is 62.7 Å². The number of nitrogens with zero attached hydrogens (tertiary/aromatic N) is 2. The van der Waals surface area contributed by atoms with Crippen LogP contribution in [0.25, 0.3) is 0 Å². The number of methoxy groups -OCH3 is 1. The Kier molecular flexibility index (Phi) is 3.66. The van der Waals surface area contributed by atoms with Crippen molar-refractivity contribution >= 4 is 17.3 Å². The molecule has 19 heavy (non-hydrogen) atoms. The molecule has 0 saturated carbocycles. The number of carboxylic acids is 1. The molecule has 0 atom stereocenters. The summed E-state index contributed by atoms with van der Waals surface area (Å²) < 4.78 is 5.10. The number of aromatic carboxylic acids is 1. The van der Waals surface area contributed by atoms with E-state index in [1.165, 1.54) is 6.20 Å². The molecule has 1 heterocycles. The highest BCUT2D eigenvalue weighted by Gasteiger charge is 2.08. The van der Waals surface area contributed by atoms with E-state index in [2.05, 4.69) is 4.98 Å². The Morgan fingerprint density at radius 1 is 1.21 bits per heavy atom. The first-order valence-corrected chi connectivity index (χ1v) is 5.68. The maximum atomic E-state index is 10.9. The van der Waals surface area contributed by atoms with Crippen LogP contribution in [0.1, 0.15) is 10.4 Å². The van der Waals surface area contributed by atoms with Gasteiger partial charge in [-0.25, -0.2) is 4.79 Å². The van der Waals surface area contributed by atoms with Gasteiger partial charge in [0.25, 0.3) is 0 Å². The van der Waals surface area contributed by atoms with E-state index >= 15 is 0 Å². The summed E-state index contributed by atoms with van der Waals surface area (Å²) in [5.74, 6) is -0.216. The minimum atomic E-state index is -0.988. The number of ether oxygens (including phenoxy) is 1. The third kappa shape index (κ3) is 2.82. The van der Waals surface area contributed by atoms with Gasteiger partial charge in [-0.2, -0.15) is 0 Å². The normalized spacial score (nSPS) is 10.0. The summed E-state index contributed by atoms with van der Waals surface area (Å²) in [6.07, 6.45) is 2.95. The molecule has 0 aliphatic heterocycles. The molecule has 5 heteroatoms. The maximum absolute atomic E-state index is 10.9. The molecule has 98 valence electrons. The number of hydrogen-bond acceptors (Lipinski definition) is 4. The summed E-state index contributed by atoms with van der Waals surface area (Å²) in [6, 6.07) is 9.07. The van der Waals surface area contributed by atoms with Crippen molar-refractivity contribution in [3.8, 4) is 5.75 Å². The van der Waals surface area contributed by atoms with E-state index in [1.807, 2.05) is 36.2 Å². The van der Waals surface area contributed by atoms with Crippen LogP contribution in [0.15, 0.2) is 42.7 Å². The molecule has 5 nitrogen and oxygen atoms in total. The summed E-state index contributed by atoms with van der Waals surface area (Å²) >= 11 is 0. The molecule has 0 spiro atoms. The van der Waals surface area contributed by atoms with Gasteiger partial charge in [-0.1, -0.05) is 0 Å². The molecular formula is C14H14N2O3. The number of rotatable bonds is 4. The molecule has 0 aliphatic rings. The highest BCUT2D eigenvalue weighted by molar-refractivity contribution is 5.88. The first kappa shape index (κ1) is 12.9. The van der Waals surface area contributed by atoms with Crippen LogP contribution < -0.4 is 9.64 Å². The fraction of sp³-hybridized carbons (Fsp3) is 0.143. The molecule has 0 amide bonds. The lowest BCUT2D eigenvalue weighted by molar-refractivity contribution is 0.0696. The van der Waals surface area contributed by atoms with Gasteiger partial charge in [-0.3, -0.25) is 4.98 Å². The van der Waals surface area contributed by atoms with E-state index < -0.39 is 5.97 Å². The van der Waals surface area contributed by atoms with Gasteiger partial charge in [0.05, 0.1) is 24.6 Å². The molecule has 0 unspecified atom stereocenters. The fourth-order valence-corrected chi connectivity index (χ4v) is 1.68. The summed E-state index contributed by atoms with van der Waals surface area (Å²) in [5.41, 5.74) is 1.80. The van der Waals surface area contributed by atoms with Crippen molar-refractivity contribution in [1.29, 1.82) is 0 Å². The molecule has 0 bridgehead atoms. The zero-order chi connectivity index (χ0) is 13.8. The monoisotopic (exact) mass is 258 g/mol.